The number of hydrogen-bond donors (Lipinski definition) is 0. The summed E-state index contributed by atoms with van der Waals surface area (Å²) >= 11 is 1.62. The van der Waals surface area contributed by atoms with Gasteiger partial charge in [0.15, 0.2) is 17.5 Å². The molecule has 0 aliphatic rings. The minimum Gasteiger partial charge on any atom is -0.446 e. The third-order valence-electron chi connectivity index (χ3n) is 4.04. The third-order valence-corrected chi connectivity index (χ3v) is 4.80. The van der Waals surface area contributed by atoms with Gasteiger partial charge in [0.05, 0.1) is 11.0 Å². The summed E-state index contributed by atoms with van der Waals surface area (Å²) < 4.78 is 23.5. The summed E-state index contributed by atoms with van der Waals surface area (Å²) in [5.74, 6) is 6.04. The second kappa shape index (κ2) is 18.6. The lowest BCUT2D eigenvalue weighted by Gasteiger charge is -1.77. The molecule has 0 bridgehead atoms. The molecular weight excluding hydrogens is 568 g/mol. The minimum absolute atomic E-state index is 0.495. The lowest BCUT2D eigenvalue weighted by molar-refractivity contribution is 0.373. The van der Waals surface area contributed by atoms with Crippen LogP contribution in [0.2, 0.25) is 0 Å². The van der Waals surface area contributed by atoms with E-state index in [1.165, 1.54) is 0 Å². The highest BCUT2D eigenvalue weighted by atomic mass is 32.1. The molecule has 0 radical (unpaired) electrons. The second-order valence-corrected chi connectivity index (χ2v) is 9.54. The van der Waals surface area contributed by atoms with Gasteiger partial charge in [-0.2, -0.15) is 9.97 Å². The fourth-order valence-electron chi connectivity index (χ4n) is 2.40. The van der Waals surface area contributed by atoms with Crippen LogP contribution in [0.5, 0.6) is 0 Å². The first-order chi connectivity index (χ1) is 19.7. The maximum Gasteiger partial charge on any atom is 0.245 e. The van der Waals surface area contributed by atoms with Gasteiger partial charge in [-0.1, -0.05) is 15.4 Å². The number of rotatable bonds is 0. The Bertz CT molecular complexity index is 1300. The molecule has 0 atom stereocenters. The number of hydrogen-bond acceptors (Lipinski definition) is 18. The number of oxazole rings is 1. The molecule has 228 valence electrons. The molecule has 0 N–H and O–H groups in total. The zero-order valence-corrected chi connectivity index (χ0v) is 26.6. The monoisotopic (exact) mass is 604 g/mol. The predicted octanol–water partition coefficient (Wildman–Crippen LogP) is 4.59. The largest absolute Gasteiger partial charge is 0.446 e. The molecule has 6 rings (SSSR count). The highest BCUT2D eigenvalue weighted by Crippen LogP contribution is 2.05. The molecule has 0 amide bonds. The Labute approximate surface area is 246 Å². The van der Waals surface area contributed by atoms with Crippen molar-refractivity contribution in [3.05, 3.63) is 68.5 Å². The molecule has 0 saturated heterocycles. The van der Waals surface area contributed by atoms with E-state index in [4.69, 9.17) is 8.83 Å². The first kappa shape index (κ1) is 35.3. The summed E-state index contributed by atoms with van der Waals surface area (Å²) in [6.45, 7) is 21.9. The van der Waals surface area contributed by atoms with E-state index in [-0.39, 0.29) is 0 Å². The highest BCUT2D eigenvalue weighted by molar-refractivity contribution is 7.11. The molecular formula is C24H36N12O5S. The first-order valence-corrected chi connectivity index (χ1v) is 13.2. The van der Waals surface area contributed by atoms with E-state index in [0.717, 1.165) is 27.4 Å². The fraction of sp³-hybridized carbons (Fsp3) is 0.500. The Morgan fingerprint density at radius 2 is 0.952 bits per heavy atom. The van der Waals surface area contributed by atoms with Crippen molar-refractivity contribution in [1.82, 2.24) is 61.2 Å². The molecule has 0 aliphatic carbocycles. The second-order valence-electron chi connectivity index (χ2n) is 8.16. The van der Waals surface area contributed by atoms with Crippen LogP contribution in [0.4, 0.5) is 0 Å². The highest BCUT2D eigenvalue weighted by Gasteiger charge is 1.97. The smallest absolute Gasteiger partial charge is 0.245 e. The number of aryl methyl sites for hydroxylation is 12. The Hall–Kier alpha value is -4.74. The van der Waals surface area contributed by atoms with Gasteiger partial charge in [0, 0.05) is 41.5 Å². The van der Waals surface area contributed by atoms with E-state index >= 15 is 0 Å². The van der Waals surface area contributed by atoms with Crippen molar-refractivity contribution >= 4 is 11.3 Å². The molecule has 0 aromatic carbocycles. The van der Waals surface area contributed by atoms with Crippen molar-refractivity contribution in [1.29, 1.82) is 0 Å². The molecule has 42 heavy (non-hydrogen) atoms. The van der Waals surface area contributed by atoms with E-state index in [0.29, 0.717) is 41.1 Å². The summed E-state index contributed by atoms with van der Waals surface area (Å²) in [6, 6.07) is 0. The normalized spacial score (nSPS) is 9.43. The van der Waals surface area contributed by atoms with Gasteiger partial charge < -0.3 is 22.4 Å². The summed E-state index contributed by atoms with van der Waals surface area (Å²) in [5.41, 5.74) is 0.988. The summed E-state index contributed by atoms with van der Waals surface area (Å²) in [6.07, 6.45) is 0. The van der Waals surface area contributed by atoms with Crippen LogP contribution in [0.15, 0.2) is 22.4 Å². The van der Waals surface area contributed by atoms with Gasteiger partial charge in [0.25, 0.3) is 0 Å². The number of nitrogens with zero attached hydrogens (tertiary/aromatic N) is 12. The van der Waals surface area contributed by atoms with E-state index < -0.39 is 0 Å². The standard InChI is InChI=1S/C6H9NO.3C4H6N2O.C4H6N2S.C2H3N3O/c1-4-5(2)8-6(3)7-4;1-3-5-6-4(2)7-3;2*1-3-5-4(2)7-6-3;1-3-5-6-4(2)7-3;1-2-3-4-5-6-2/h1-3H3;4*1-2H3;1H3. The van der Waals surface area contributed by atoms with E-state index in [2.05, 4.69) is 74.8 Å². The Morgan fingerprint density at radius 3 is 1.07 bits per heavy atom. The third kappa shape index (κ3) is 16.4. The van der Waals surface area contributed by atoms with Gasteiger partial charge in [-0.05, 0) is 46.8 Å². The zero-order valence-electron chi connectivity index (χ0n) is 25.8. The van der Waals surface area contributed by atoms with Gasteiger partial charge in [-0.15, -0.1) is 31.7 Å². The quantitative estimate of drug-likeness (QED) is 0.231. The molecule has 18 heteroatoms. The Kier molecular flexibility index (Phi) is 15.6. The maximum absolute atomic E-state index is 5.10. The molecule has 6 aromatic heterocycles. The first-order valence-electron chi connectivity index (χ1n) is 12.3. The molecule has 0 spiro atoms. The lowest BCUT2D eigenvalue weighted by atomic mass is 10.4. The molecule has 0 saturated carbocycles. The SMILES string of the molecule is Cc1nc(C)c(C)o1.Cc1nnc(C)o1.Cc1nnc(C)s1.Cc1nnno1.Cc1noc(C)n1.Cc1noc(C)n1. The number of aromatic nitrogens is 12. The van der Waals surface area contributed by atoms with Crippen molar-refractivity contribution < 1.29 is 22.4 Å². The van der Waals surface area contributed by atoms with Crippen LogP contribution in [0.3, 0.4) is 0 Å². The van der Waals surface area contributed by atoms with Crippen LogP contribution in [-0.4, -0.2) is 61.2 Å². The van der Waals surface area contributed by atoms with Gasteiger partial charge in [0.2, 0.25) is 29.5 Å². The van der Waals surface area contributed by atoms with Crippen LogP contribution in [0, 0.1) is 83.1 Å². The molecule has 0 fully saturated rings. The van der Waals surface area contributed by atoms with Gasteiger partial charge in [-0.25, -0.2) is 4.98 Å². The van der Waals surface area contributed by atoms with Crippen molar-refractivity contribution in [2.24, 2.45) is 0 Å². The average Bonchev–Trinajstić information content (AvgIpc) is 3.76. The van der Waals surface area contributed by atoms with Gasteiger partial charge in [-0.3, -0.25) is 0 Å². The Balaban J connectivity index is 0.000000252. The fourth-order valence-corrected chi connectivity index (χ4v) is 2.99. The molecule has 6 heterocycles. The maximum atomic E-state index is 5.10. The van der Waals surface area contributed by atoms with Crippen molar-refractivity contribution in [3.8, 4) is 0 Å². The van der Waals surface area contributed by atoms with E-state index in [1.54, 1.807) is 59.8 Å². The summed E-state index contributed by atoms with van der Waals surface area (Å²) in [4.78, 5) is 11.7. The topological polar surface area (TPSA) is 220 Å². The summed E-state index contributed by atoms with van der Waals surface area (Å²) in [5, 5.41) is 33.5. The van der Waals surface area contributed by atoms with Gasteiger partial charge in [0.1, 0.15) is 15.8 Å². The van der Waals surface area contributed by atoms with Crippen LogP contribution >= 0.6 is 11.3 Å². The van der Waals surface area contributed by atoms with Crippen molar-refractivity contribution in [2.75, 3.05) is 0 Å². The van der Waals surface area contributed by atoms with Crippen molar-refractivity contribution in [3.63, 3.8) is 0 Å². The lowest BCUT2D eigenvalue weighted by Crippen LogP contribution is -1.71. The van der Waals surface area contributed by atoms with Gasteiger partial charge >= 0.3 is 0 Å². The molecule has 0 aliphatic heterocycles. The minimum atomic E-state index is 0.495. The van der Waals surface area contributed by atoms with E-state index in [9.17, 15) is 0 Å². The van der Waals surface area contributed by atoms with Crippen LogP contribution in [0.25, 0.3) is 0 Å². The average molecular weight is 605 g/mol. The molecule has 6 aromatic rings. The van der Waals surface area contributed by atoms with Crippen LogP contribution in [0.1, 0.15) is 68.5 Å². The summed E-state index contributed by atoms with van der Waals surface area (Å²) in [7, 11) is 0. The zero-order chi connectivity index (χ0) is 31.7. The Morgan fingerprint density at radius 1 is 0.452 bits per heavy atom. The van der Waals surface area contributed by atoms with Crippen LogP contribution < -0.4 is 0 Å². The van der Waals surface area contributed by atoms with Crippen LogP contribution in [-0.2, 0) is 0 Å². The molecule has 17 nitrogen and oxygen atoms in total. The predicted molar refractivity (Wildman–Crippen MR) is 148 cm³/mol. The van der Waals surface area contributed by atoms with Crippen molar-refractivity contribution in [2.45, 2.75) is 83.1 Å². The molecule has 0 unspecified atom stereocenters. The van der Waals surface area contributed by atoms with E-state index in [1.807, 2.05) is 34.6 Å².